The molecule has 2 N–H and O–H groups in total. The van der Waals surface area contributed by atoms with Gasteiger partial charge in [0.05, 0.1) is 6.61 Å². The summed E-state index contributed by atoms with van der Waals surface area (Å²) in [4.78, 5) is 42.7. The van der Waals surface area contributed by atoms with E-state index in [1.165, 1.54) is 38.5 Å². The Morgan fingerprint density at radius 2 is 0.959 bits per heavy atom. The Bertz CT molecular complexity index is 1020. The highest BCUT2D eigenvalue weighted by atomic mass is 31.2. The van der Waals surface area contributed by atoms with Gasteiger partial charge in [-0.15, -0.1) is 0 Å². The van der Waals surface area contributed by atoms with E-state index in [1.54, 1.807) is 0 Å². The van der Waals surface area contributed by atoms with E-state index < -0.39 is 32.5 Å². The lowest BCUT2D eigenvalue weighted by Gasteiger charge is -2.18. The summed E-state index contributed by atoms with van der Waals surface area (Å²) in [5, 5.41) is 0. The molecule has 0 spiro atoms. The Morgan fingerprint density at radius 1 is 0.531 bits per heavy atom. The smallest absolute Gasteiger partial charge is 0.462 e. The molecule has 0 saturated carbocycles. The second-order valence-electron chi connectivity index (χ2n) is 12.2. The van der Waals surface area contributed by atoms with Crippen molar-refractivity contribution in [3.05, 3.63) is 72.9 Å². The summed E-state index contributed by atoms with van der Waals surface area (Å²) in [6.45, 7) is 3.53. The van der Waals surface area contributed by atoms with Crippen LogP contribution in [0.2, 0.25) is 0 Å². The van der Waals surface area contributed by atoms with Gasteiger partial charge in [-0.05, 0) is 77.0 Å². The van der Waals surface area contributed by atoms with Gasteiger partial charge in [-0.1, -0.05) is 132 Å². The van der Waals surface area contributed by atoms with Gasteiger partial charge in [0.1, 0.15) is 6.61 Å². The lowest BCUT2D eigenvalue weighted by Crippen LogP contribution is -2.29. The van der Waals surface area contributed by atoms with Crippen LogP contribution in [0.3, 0.4) is 0 Å². The molecule has 0 aliphatic heterocycles. The van der Waals surface area contributed by atoms with Crippen LogP contribution in [0.15, 0.2) is 72.9 Å². The summed E-state index contributed by atoms with van der Waals surface area (Å²) in [7, 11) is -4.77. The fourth-order valence-corrected chi connectivity index (χ4v) is 4.98. The second-order valence-corrected chi connectivity index (χ2v) is 13.4. The molecule has 0 saturated heterocycles. The molecular formula is C40H67O8P. The molecule has 0 aromatic heterocycles. The Labute approximate surface area is 298 Å². The fourth-order valence-electron chi connectivity index (χ4n) is 4.62. The number of rotatable bonds is 33. The van der Waals surface area contributed by atoms with Crippen molar-refractivity contribution in [3.63, 3.8) is 0 Å². The first-order valence-electron chi connectivity index (χ1n) is 18.7. The first-order chi connectivity index (χ1) is 23.8. The van der Waals surface area contributed by atoms with Crippen LogP contribution >= 0.6 is 7.82 Å². The van der Waals surface area contributed by atoms with E-state index in [0.717, 1.165) is 64.2 Å². The summed E-state index contributed by atoms with van der Waals surface area (Å²) >= 11 is 0. The average molecular weight is 707 g/mol. The third kappa shape index (κ3) is 38.1. The number of carbonyl (C=O) groups is 2. The first-order valence-corrected chi connectivity index (χ1v) is 20.3. The highest BCUT2D eigenvalue weighted by Crippen LogP contribution is 2.35. The van der Waals surface area contributed by atoms with Crippen LogP contribution in [0.5, 0.6) is 0 Å². The molecule has 0 aromatic carbocycles. The molecule has 280 valence electrons. The Balaban J connectivity index is 4.12. The molecule has 8 nitrogen and oxygen atoms in total. The highest BCUT2D eigenvalue weighted by molar-refractivity contribution is 7.46. The molecular weight excluding hydrogens is 639 g/mol. The number of phosphoric ester groups is 1. The number of ether oxygens (including phenoxy) is 2. The Hall–Kier alpha value is -2.51. The van der Waals surface area contributed by atoms with Crippen molar-refractivity contribution >= 4 is 19.8 Å². The standard InChI is InChI=1S/C40H67O8P/c1-3-5-7-9-11-13-15-17-19-20-21-23-25-27-29-31-33-35-40(42)48-38(37-47-49(43,44)45)36-46-39(41)34-32-30-28-26-24-22-18-16-14-12-10-8-6-4-2/h10-13,16-19,21,23,27,29,38H,3-9,14-15,20,22,24-26,28,30-37H2,1-2H3,(H2,43,44,45)/b12-10+,13-11+,18-16+,19-17+,23-21+,29-27+/t38-/m1/s1. The number of hydrogen-bond donors (Lipinski definition) is 2. The van der Waals surface area contributed by atoms with Crippen molar-refractivity contribution in [1.82, 2.24) is 0 Å². The van der Waals surface area contributed by atoms with Gasteiger partial charge in [-0.2, -0.15) is 0 Å². The molecule has 0 fully saturated rings. The highest BCUT2D eigenvalue weighted by Gasteiger charge is 2.22. The van der Waals surface area contributed by atoms with E-state index in [2.05, 4.69) is 79.1 Å². The van der Waals surface area contributed by atoms with Gasteiger partial charge in [-0.25, -0.2) is 4.57 Å². The predicted molar refractivity (Wildman–Crippen MR) is 202 cm³/mol. The summed E-state index contributed by atoms with van der Waals surface area (Å²) in [6.07, 6.45) is 44.8. The number of carbonyl (C=O) groups excluding carboxylic acids is 2. The first kappa shape index (κ1) is 46.5. The molecule has 0 aromatic rings. The SMILES string of the molecule is CCCC/C=C/C/C=C/CCCCCCCC(=O)OC[C@H](COP(=O)(O)O)OC(=O)CCC/C=C/C/C=C/C/C=C/C/C=C/CCCCC. The lowest BCUT2D eigenvalue weighted by atomic mass is 10.1. The Morgan fingerprint density at radius 3 is 1.49 bits per heavy atom. The minimum Gasteiger partial charge on any atom is -0.462 e. The average Bonchev–Trinajstić information content (AvgIpc) is 3.07. The zero-order valence-corrected chi connectivity index (χ0v) is 31.5. The molecule has 9 heteroatoms. The van der Waals surface area contributed by atoms with Gasteiger partial charge in [-0.3, -0.25) is 14.1 Å². The van der Waals surface area contributed by atoms with Gasteiger partial charge < -0.3 is 19.3 Å². The van der Waals surface area contributed by atoms with Gasteiger partial charge in [0.25, 0.3) is 0 Å². The summed E-state index contributed by atoms with van der Waals surface area (Å²) < 4.78 is 26.2. The second kappa shape index (κ2) is 35.3. The monoisotopic (exact) mass is 706 g/mol. The molecule has 0 heterocycles. The van der Waals surface area contributed by atoms with Gasteiger partial charge in [0.2, 0.25) is 0 Å². The van der Waals surface area contributed by atoms with E-state index in [1.807, 2.05) is 12.2 Å². The predicted octanol–water partition coefficient (Wildman–Crippen LogP) is 11.1. The number of unbranched alkanes of at least 4 members (excludes halogenated alkanes) is 11. The third-order valence-corrected chi connectivity index (χ3v) is 7.93. The summed E-state index contributed by atoms with van der Waals surface area (Å²) in [5.41, 5.74) is 0. The molecule has 0 unspecified atom stereocenters. The lowest BCUT2D eigenvalue weighted by molar-refractivity contribution is -0.161. The van der Waals surface area contributed by atoms with Crippen LogP contribution in [0, 0.1) is 0 Å². The van der Waals surface area contributed by atoms with E-state index in [9.17, 15) is 14.2 Å². The fraction of sp³-hybridized carbons (Fsp3) is 0.650. The summed E-state index contributed by atoms with van der Waals surface area (Å²) in [6, 6.07) is 0. The van der Waals surface area contributed by atoms with Gasteiger partial charge in [0.15, 0.2) is 6.10 Å². The van der Waals surface area contributed by atoms with Crippen LogP contribution in [0.4, 0.5) is 0 Å². The molecule has 1 atom stereocenters. The maximum atomic E-state index is 12.3. The van der Waals surface area contributed by atoms with Crippen LogP contribution in [-0.4, -0.2) is 41.0 Å². The maximum Gasteiger partial charge on any atom is 0.469 e. The minimum absolute atomic E-state index is 0.129. The van der Waals surface area contributed by atoms with Crippen LogP contribution < -0.4 is 0 Å². The van der Waals surface area contributed by atoms with Crippen molar-refractivity contribution < 1.29 is 37.9 Å². The Kier molecular flexibility index (Phi) is 33.5. The van der Waals surface area contributed by atoms with E-state index in [-0.39, 0.29) is 19.4 Å². The summed E-state index contributed by atoms with van der Waals surface area (Å²) in [5.74, 6) is -0.975. The molecule has 0 aliphatic rings. The number of allylic oxidation sites excluding steroid dienone is 12. The largest absolute Gasteiger partial charge is 0.469 e. The minimum atomic E-state index is -4.77. The van der Waals surface area contributed by atoms with Crippen LogP contribution in [0.1, 0.15) is 149 Å². The van der Waals surface area contributed by atoms with Crippen LogP contribution in [0.25, 0.3) is 0 Å². The number of hydrogen-bond acceptors (Lipinski definition) is 6. The normalized spacial score (nSPS) is 13.3. The zero-order chi connectivity index (χ0) is 36.1. The number of phosphoric acid groups is 1. The van der Waals surface area contributed by atoms with Crippen molar-refractivity contribution in [1.29, 1.82) is 0 Å². The molecule has 0 radical (unpaired) electrons. The maximum absolute atomic E-state index is 12.3. The van der Waals surface area contributed by atoms with Crippen molar-refractivity contribution in [2.24, 2.45) is 0 Å². The van der Waals surface area contributed by atoms with Crippen LogP contribution in [-0.2, 0) is 28.2 Å². The van der Waals surface area contributed by atoms with Gasteiger partial charge in [0, 0.05) is 12.8 Å². The van der Waals surface area contributed by atoms with Crippen molar-refractivity contribution in [2.45, 2.75) is 155 Å². The molecule has 49 heavy (non-hydrogen) atoms. The quantitative estimate of drug-likeness (QED) is 0.0299. The molecule has 0 bridgehead atoms. The van der Waals surface area contributed by atoms with Crippen molar-refractivity contribution in [3.8, 4) is 0 Å². The zero-order valence-electron chi connectivity index (χ0n) is 30.6. The molecule has 0 rings (SSSR count). The molecule has 0 amide bonds. The number of esters is 2. The van der Waals surface area contributed by atoms with E-state index >= 15 is 0 Å². The van der Waals surface area contributed by atoms with Gasteiger partial charge >= 0.3 is 19.8 Å². The van der Waals surface area contributed by atoms with E-state index in [0.29, 0.717) is 19.3 Å². The molecule has 0 aliphatic carbocycles. The third-order valence-electron chi connectivity index (χ3n) is 7.45. The van der Waals surface area contributed by atoms with Crippen molar-refractivity contribution in [2.75, 3.05) is 13.2 Å². The topological polar surface area (TPSA) is 119 Å². The van der Waals surface area contributed by atoms with E-state index in [4.69, 9.17) is 19.3 Å².